The molecule has 0 amide bonds. The van der Waals surface area contributed by atoms with Crippen LogP contribution in [-0.2, 0) is 0 Å². The fourth-order valence-corrected chi connectivity index (χ4v) is 8.48. The van der Waals surface area contributed by atoms with E-state index < -0.39 is 0 Å². The molecule has 3 heteroatoms. The number of thiophene rings is 1. The molecule has 0 radical (unpaired) electrons. The number of rotatable bonds is 8. The first kappa shape index (κ1) is 29.3. The smallest absolute Gasteiger partial charge is 0.0462 e. The van der Waals surface area contributed by atoms with Crippen LogP contribution in [0.4, 0.5) is 17.1 Å². The summed E-state index contributed by atoms with van der Waals surface area (Å²) in [6.07, 6.45) is 3.46. The number of hydrogen-bond donors (Lipinski definition) is 0. The molecule has 0 saturated carbocycles. The Morgan fingerprint density at radius 2 is 0.830 bits per heavy atom. The first-order valence-corrected chi connectivity index (χ1v) is 17.7. The summed E-state index contributed by atoms with van der Waals surface area (Å²) in [7, 11) is 0. The van der Waals surface area contributed by atoms with Crippen LogP contribution in [-0.4, -0.2) is 0 Å². The lowest BCUT2D eigenvalue weighted by molar-refractivity contribution is 0.991. The molecular weight excluding hydrogens is 607 g/mol. The molecule has 0 aliphatic carbocycles. The predicted octanol–water partition coefficient (Wildman–Crippen LogP) is 13.4. The lowest BCUT2D eigenvalue weighted by Crippen LogP contribution is -2.09. The number of allylic oxidation sites excluding steroid dienone is 1. The second-order valence-corrected chi connectivity index (χ2v) is 14.0. The molecule has 47 heavy (non-hydrogen) atoms. The van der Waals surface area contributed by atoms with Gasteiger partial charge in [0.15, 0.2) is 0 Å². The lowest BCUT2D eigenvalue weighted by Gasteiger charge is -2.26. The van der Waals surface area contributed by atoms with Gasteiger partial charge in [0.05, 0.1) is 0 Å². The van der Waals surface area contributed by atoms with E-state index in [0.717, 1.165) is 23.5 Å². The van der Waals surface area contributed by atoms with Crippen molar-refractivity contribution in [2.45, 2.75) is 11.7 Å². The van der Waals surface area contributed by atoms with Crippen molar-refractivity contribution in [1.29, 1.82) is 0 Å². The third-order valence-electron chi connectivity index (χ3n) is 8.67. The van der Waals surface area contributed by atoms with E-state index in [4.69, 9.17) is 0 Å². The Morgan fingerprint density at radius 1 is 0.404 bits per heavy atom. The first-order chi connectivity index (χ1) is 23.3. The third-order valence-corrected chi connectivity index (χ3v) is 11.3. The Hall–Kier alpha value is -5.09. The maximum absolute atomic E-state index is 2.39. The Kier molecular flexibility index (Phi) is 8.32. The van der Waals surface area contributed by atoms with Crippen LogP contribution in [0, 0.1) is 0 Å². The molecule has 226 valence electrons. The zero-order chi connectivity index (χ0) is 31.4. The molecule has 0 saturated heterocycles. The molecule has 8 rings (SSSR count). The van der Waals surface area contributed by atoms with Crippen LogP contribution in [0.2, 0.25) is 0 Å². The number of nitrogens with zero attached hydrogens (tertiary/aromatic N) is 1. The Bertz CT molecular complexity index is 2100. The Labute approximate surface area is 285 Å². The van der Waals surface area contributed by atoms with Crippen LogP contribution in [0.5, 0.6) is 0 Å². The summed E-state index contributed by atoms with van der Waals surface area (Å²) in [5, 5.41) is 0.483. The molecule has 0 spiro atoms. The van der Waals surface area contributed by atoms with Crippen molar-refractivity contribution >= 4 is 45.1 Å². The van der Waals surface area contributed by atoms with Gasteiger partial charge >= 0.3 is 0 Å². The van der Waals surface area contributed by atoms with E-state index in [1.54, 1.807) is 0 Å². The van der Waals surface area contributed by atoms with Gasteiger partial charge in [0.25, 0.3) is 0 Å². The molecule has 2 heterocycles. The quantitative estimate of drug-likeness (QED) is 0.163. The maximum atomic E-state index is 2.39. The number of anilines is 3. The summed E-state index contributed by atoms with van der Waals surface area (Å²) in [5.41, 5.74) is 11.0. The topological polar surface area (TPSA) is 3.24 Å². The van der Waals surface area contributed by atoms with Gasteiger partial charge < -0.3 is 4.90 Å². The molecule has 1 atom stereocenters. The van der Waals surface area contributed by atoms with Gasteiger partial charge in [-0.2, -0.15) is 0 Å². The zero-order valence-corrected chi connectivity index (χ0v) is 27.5. The molecule has 7 aromatic rings. The van der Waals surface area contributed by atoms with E-state index in [2.05, 4.69) is 187 Å². The van der Waals surface area contributed by atoms with Gasteiger partial charge in [0.2, 0.25) is 0 Å². The summed E-state index contributed by atoms with van der Waals surface area (Å²) >= 11 is 3.81. The average molecular weight is 640 g/mol. The third kappa shape index (κ3) is 6.33. The molecule has 6 aromatic carbocycles. The van der Waals surface area contributed by atoms with E-state index in [1.807, 2.05) is 23.1 Å². The summed E-state index contributed by atoms with van der Waals surface area (Å²) in [6.45, 7) is 0. The summed E-state index contributed by atoms with van der Waals surface area (Å²) in [4.78, 5) is 6.28. The molecule has 1 unspecified atom stereocenters. The lowest BCUT2D eigenvalue weighted by atomic mass is 10.0. The van der Waals surface area contributed by atoms with Crippen LogP contribution < -0.4 is 4.90 Å². The molecule has 0 N–H and O–H groups in total. The zero-order valence-electron chi connectivity index (χ0n) is 25.9. The van der Waals surface area contributed by atoms with E-state index in [9.17, 15) is 0 Å². The second-order valence-electron chi connectivity index (χ2n) is 11.7. The van der Waals surface area contributed by atoms with Crippen molar-refractivity contribution < 1.29 is 0 Å². The molecule has 1 nitrogen and oxygen atoms in total. The van der Waals surface area contributed by atoms with Gasteiger partial charge in [-0.15, -0.1) is 23.1 Å². The minimum absolute atomic E-state index is 0.483. The highest BCUT2D eigenvalue weighted by atomic mass is 32.2. The summed E-state index contributed by atoms with van der Waals surface area (Å²) < 4.78 is 0. The van der Waals surface area contributed by atoms with Crippen molar-refractivity contribution in [2.75, 3.05) is 4.90 Å². The van der Waals surface area contributed by atoms with Crippen molar-refractivity contribution in [3.05, 3.63) is 193 Å². The van der Waals surface area contributed by atoms with Gasteiger partial charge in [-0.05, 0) is 88.3 Å². The standard InChI is InChI=1S/C44H33NS2/c1-4-10-32(11-5-1)33-16-22-38(23-17-33)45(39-24-18-36(19-25-39)43-30-28-41(46-43)34-12-6-2-7-13-34)40-26-20-37(21-27-40)44-31-29-42(47-44)35-14-8-3-9-15-35/h1-28,30-31,42H,29H2. The maximum Gasteiger partial charge on any atom is 0.0462 e. The van der Waals surface area contributed by atoms with E-state index in [-0.39, 0.29) is 0 Å². The monoisotopic (exact) mass is 639 g/mol. The highest BCUT2D eigenvalue weighted by Crippen LogP contribution is 2.48. The SMILES string of the molecule is C1=C(c2ccc(N(c3ccc(-c4ccccc4)cc3)c3ccc(-c4ccc(-c5ccccc5)s4)cc3)cc2)SC(c2ccccc2)C1. The summed E-state index contributed by atoms with van der Waals surface area (Å²) in [6, 6.07) is 63.5. The van der Waals surface area contributed by atoms with Crippen LogP contribution in [0.25, 0.3) is 36.9 Å². The molecule has 1 aliphatic heterocycles. The predicted molar refractivity (Wildman–Crippen MR) is 205 cm³/mol. The minimum atomic E-state index is 0.483. The largest absolute Gasteiger partial charge is 0.311 e. The Morgan fingerprint density at radius 3 is 1.38 bits per heavy atom. The number of thioether (sulfide) groups is 1. The van der Waals surface area contributed by atoms with Gasteiger partial charge in [-0.3, -0.25) is 0 Å². The molecule has 0 fully saturated rings. The molecule has 1 aromatic heterocycles. The van der Waals surface area contributed by atoms with Gasteiger partial charge in [-0.1, -0.05) is 133 Å². The normalized spacial score (nSPS) is 14.1. The summed E-state index contributed by atoms with van der Waals surface area (Å²) in [5.74, 6) is 0. The van der Waals surface area contributed by atoms with Crippen molar-refractivity contribution in [2.24, 2.45) is 0 Å². The van der Waals surface area contributed by atoms with Crippen LogP contribution in [0.1, 0.15) is 22.8 Å². The molecular formula is C44H33NS2. The number of benzene rings is 6. The van der Waals surface area contributed by atoms with E-state index in [1.165, 1.54) is 48.0 Å². The molecule has 1 aliphatic rings. The van der Waals surface area contributed by atoms with Crippen LogP contribution in [0.3, 0.4) is 0 Å². The Balaban J connectivity index is 1.09. The van der Waals surface area contributed by atoms with Crippen molar-refractivity contribution in [3.8, 4) is 32.0 Å². The van der Waals surface area contributed by atoms with Crippen LogP contribution >= 0.6 is 23.1 Å². The fraction of sp³-hybridized carbons (Fsp3) is 0.0455. The fourth-order valence-electron chi connectivity index (χ4n) is 6.20. The van der Waals surface area contributed by atoms with Gasteiger partial charge in [0.1, 0.15) is 0 Å². The van der Waals surface area contributed by atoms with Crippen LogP contribution in [0.15, 0.2) is 182 Å². The highest BCUT2D eigenvalue weighted by Gasteiger charge is 2.21. The van der Waals surface area contributed by atoms with Crippen molar-refractivity contribution in [1.82, 2.24) is 0 Å². The highest BCUT2D eigenvalue weighted by molar-refractivity contribution is 8.08. The average Bonchev–Trinajstić information content (AvgIpc) is 3.86. The second kappa shape index (κ2) is 13.3. The van der Waals surface area contributed by atoms with E-state index in [0.29, 0.717) is 5.25 Å². The van der Waals surface area contributed by atoms with Gasteiger partial charge in [0, 0.05) is 37.0 Å². The number of hydrogen-bond acceptors (Lipinski definition) is 3. The first-order valence-electron chi connectivity index (χ1n) is 16.0. The van der Waals surface area contributed by atoms with E-state index >= 15 is 0 Å². The van der Waals surface area contributed by atoms with Gasteiger partial charge in [-0.25, -0.2) is 0 Å². The molecule has 0 bridgehead atoms. The van der Waals surface area contributed by atoms with Crippen molar-refractivity contribution in [3.63, 3.8) is 0 Å². The minimum Gasteiger partial charge on any atom is -0.311 e.